The van der Waals surface area contributed by atoms with Crippen LogP contribution in [0.25, 0.3) is 0 Å². The molecular formula is C15H24F3N3O2. The van der Waals surface area contributed by atoms with E-state index in [1.807, 2.05) is 13.8 Å². The maximum atomic E-state index is 12.5. The fraction of sp³-hybridized carbons (Fsp3) is 0.733. The van der Waals surface area contributed by atoms with Crippen molar-refractivity contribution in [3.8, 4) is 0 Å². The first kappa shape index (κ1) is 19.5. The number of aliphatic hydroxyl groups excluding tert-OH is 1. The Morgan fingerprint density at radius 2 is 1.96 bits per heavy atom. The molecular weight excluding hydrogens is 311 g/mol. The Morgan fingerprint density at radius 3 is 2.48 bits per heavy atom. The minimum atomic E-state index is -4.35. The second-order valence-electron chi connectivity index (χ2n) is 6.05. The predicted molar refractivity (Wildman–Crippen MR) is 79.9 cm³/mol. The first-order valence-corrected chi connectivity index (χ1v) is 7.55. The van der Waals surface area contributed by atoms with Crippen molar-refractivity contribution < 1.29 is 23.1 Å². The fourth-order valence-corrected chi connectivity index (χ4v) is 2.23. The molecule has 0 aromatic carbocycles. The summed E-state index contributed by atoms with van der Waals surface area (Å²) in [5.74, 6) is -0.185. The number of nitrogens with zero attached hydrogens (tertiary/aromatic N) is 2. The van der Waals surface area contributed by atoms with Crippen LogP contribution < -0.4 is 5.32 Å². The minimum Gasteiger partial charge on any atom is -0.393 e. The summed E-state index contributed by atoms with van der Waals surface area (Å²) < 4.78 is 38.3. The van der Waals surface area contributed by atoms with E-state index in [9.17, 15) is 23.1 Å². The van der Waals surface area contributed by atoms with Crippen molar-refractivity contribution in [2.24, 2.45) is 5.92 Å². The quantitative estimate of drug-likeness (QED) is 0.802. The number of amides is 1. The maximum Gasteiger partial charge on any atom is 0.408 e. The molecule has 1 unspecified atom stereocenters. The van der Waals surface area contributed by atoms with Crippen LogP contribution in [0.4, 0.5) is 13.2 Å². The maximum absolute atomic E-state index is 12.5. The lowest BCUT2D eigenvalue weighted by molar-refractivity contribution is -0.143. The lowest BCUT2D eigenvalue weighted by Crippen LogP contribution is -2.30. The van der Waals surface area contributed by atoms with Gasteiger partial charge in [0.2, 0.25) is 5.91 Å². The normalized spacial score (nSPS) is 13.4. The molecule has 0 bridgehead atoms. The van der Waals surface area contributed by atoms with E-state index in [1.54, 1.807) is 6.92 Å². The second-order valence-corrected chi connectivity index (χ2v) is 6.05. The lowest BCUT2D eigenvalue weighted by Gasteiger charge is -2.14. The monoisotopic (exact) mass is 335 g/mol. The Labute approximate surface area is 133 Å². The van der Waals surface area contributed by atoms with Crippen LogP contribution in [0.5, 0.6) is 0 Å². The summed E-state index contributed by atoms with van der Waals surface area (Å²) in [7, 11) is 0. The molecule has 1 atom stereocenters. The van der Waals surface area contributed by atoms with Crippen LogP contribution in [0.3, 0.4) is 0 Å². The van der Waals surface area contributed by atoms with Gasteiger partial charge in [0, 0.05) is 17.8 Å². The van der Waals surface area contributed by atoms with Crippen molar-refractivity contribution in [3.63, 3.8) is 0 Å². The summed E-state index contributed by atoms with van der Waals surface area (Å²) in [5, 5.41) is 16.2. The van der Waals surface area contributed by atoms with Gasteiger partial charge in [-0.1, -0.05) is 13.8 Å². The van der Waals surface area contributed by atoms with Gasteiger partial charge in [0.25, 0.3) is 0 Å². The van der Waals surface area contributed by atoms with Crippen LogP contribution in [0, 0.1) is 19.8 Å². The third-order valence-electron chi connectivity index (χ3n) is 3.73. The number of rotatable bonds is 7. The molecule has 1 heterocycles. The van der Waals surface area contributed by atoms with E-state index < -0.39 is 18.8 Å². The number of hydrogen-bond acceptors (Lipinski definition) is 3. The van der Waals surface area contributed by atoms with Crippen molar-refractivity contribution in [2.75, 3.05) is 6.54 Å². The van der Waals surface area contributed by atoms with E-state index in [2.05, 4.69) is 10.4 Å². The van der Waals surface area contributed by atoms with Gasteiger partial charge in [-0.25, -0.2) is 0 Å². The van der Waals surface area contributed by atoms with Gasteiger partial charge in [-0.05, 0) is 26.2 Å². The zero-order valence-corrected chi connectivity index (χ0v) is 13.9. The Balaban J connectivity index is 2.62. The third kappa shape index (κ3) is 6.21. The Bertz CT molecular complexity index is 539. The van der Waals surface area contributed by atoms with Crippen LogP contribution in [-0.2, 0) is 17.8 Å². The van der Waals surface area contributed by atoms with Crippen molar-refractivity contribution in [1.29, 1.82) is 0 Å². The smallest absolute Gasteiger partial charge is 0.393 e. The van der Waals surface area contributed by atoms with Gasteiger partial charge < -0.3 is 10.4 Å². The predicted octanol–water partition coefficient (Wildman–Crippen LogP) is 2.13. The van der Waals surface area contributed by atoms with Crippen LogP contribution in [0.1, 0.15) is 37.2 Å². The molecule has 0 aliphatic carbocycles. The van der Waals surface area contributed by atoms with E-state index in [1.165, 1.54) is 6.92 Å². The van der Waals surface area contributed by atoms with Crippen molar-refractivity contribution in [3.05, 3.63) is 17.0 Å². The molecule has 1 amide bonds. The van der Waals surface area contributed by atoms with Crippen molar-refractivity contribution >= 4 is 5.91 Å². The molecule has 1 aromatic rings. The highest BCUT2D eigenvalue weighted by atomic mass is 19.4. The first-order chi connectivity index (χ1) is 10.5. The van der Waals surface area contributed by atoms with Crippen molar-refractivity contribution in [2.45, 2.75) is 59.4 Å². The van der Waals surface area contributed by atoms with Gasteiger partial charge in [-0.2, -0.15) is 18.3 Å². The van der Waals surface area contributed by atoms with E-state index in [4.69, 9.17) is 0 Å². The van der Waals surface area contributed by atoms with E-state index in [0.29, 0.717) is 29.9 Å². The largest absolute Gasteiger partial charge is 0.408 e. The standard InChI is InChI=1S/C15H24F3N3O2/c1-9(2)13(22)5-6-19-14(23)7-12-10(3)20-21(11(12)4)8-15(16,17)18/h9,13,22H,5-8H2,1-4H3,(H,19,23). The SMILES string of the molecule is Cc1nn(CC(F)(F)F)c(C)c1CC(=O)NCCC(O)C(C)C. The van der Waals surface area contributed by atoms with Gasteiger partial charge in [0.05, 0.1) is 18.2 Å². The molecule has 0 saturated carbocycles. The first-order valence-electron chi connectivity index (χ1n) is 7.55. The topological polar surface area (TPSA) is 67.2 Å². The molecule has 1 rings (SSSR count). The molecule has 0 aliphatic heterocycles. The second kappa shape index (κ2) is 7.81. The van der Waals surface area contributed by atoms with Crippen molar-refractivity contribution in [1.82, 2.24) is 15.1 Å². The summed E-state index contributed by atoms with van der Waals surface area (Å²) in [6, 6.07) is 0. The molecule has 132 valence electrons. The average Bonchev–Trinajstić information content (AvgIpc) is 2.64. The van der Waals surface area contributed by atoms with Gasteiger partial charge in [-0.15, -0.1) is 0 Å². The lowest BCUT2D eigenvalue weighted by atomic mass is 10.0. The molecule has 2 N–H and O–H groups in total. The third-order valence-corrected chi connectivity index (χ3v) is 3.73. The van der Waals surface area contributed by atoms with Gasteiger partial charge in [0.1, 0.15) is 6.54 Å². The number of halogens is 3. The van der Waals surface area contributed by atoms with E-state index in [0.717, 1.165) is 4.68 Å². The van der Waals surface area contributed by atoms with Gasteiger partial charge in [0.15, 0.2) is 0 Å². The number of hydrogen-bond donors (Lipinski definition) is 2. The van der Waals surface area contributed by atoms with E-state index >= 15 is 0 Å². The Morgan fingerprint density at radius 1 is 1.35 bits per heavy atom. The molecule has 5 nitrogen and oxygen atoms in total. The number of alkyl halides is 3. The molecule has 8 heteroatoms. The summed E-state index contributed by atoms with van der Waals surface area (Å²) in [6.07, 6.45) is -4.43. The van der Waals surface area contributed by atoms with Gasteiger partial charge in [-0.3, -0.25) is 9.48 Å². The number of carbonyl (C=O) groups excluding carboxylic acids is 1. The molecule has 0 fully saturated rings. The summed E-state index contributed by atoms with van der Waals surface area (Å²) in [5.41, 5.74) is 1.28. The highest BCUT2D eigenvalue weighted by Crippen LogP contribution is 2.21. The van der Waals surface area contributed by atoms with Crippen LogP contribution in [-0.4, -0.2) is 39.6 Å². The molecule has 0 spiro atoms. The van der Waals surface area contributed by atoms with Crippen LogP contribution >= 0.6 is 0 Å². The number of aryl methyl sites for hydroxylation is 1. The number of aliphatic hydroxyl groups is 1. The van der Waals surface area contributed by atoms with Crippen LogP contribution in [0.15, 0.2) is 0 Å². The van der Waals surface area contributed by atoms with Gasteiger partial charge >= 0.3 is 6.18 Å². The van der Waals surface area contributed by atoms with E-state index in [-0.39, 0.29) is 18.2 Å². The average molecular weight is 335 g/mol. The van der Waals surface area contributed by atoms with Crippen LogP contribution in [0.2, 0.25) is 0 Å². The molecule has 1 aromatic heterocycles. The zero-order chi connectivity index (χ0) is 17.8. The number of carbonyl (C=O) groups is 1. The number of nitrogens with one attached hydrogen (secondary N) is 1. The molecule has 23 heavy (non-hydrogen) atoms. The highest BCUT2D eigenvalue weighted by Gasteiger charge is 2.30. The summed E-state index contributed by atoms with van der Waals surface area (Å²) in [6.45, 7) is 6.04. The minimum absolute atomic E-state index is 0.0205. The summed E-state index contributed by atoms with van der Waals surface area (Å²) in [4.78, 5) is 11.9. The Hall–Kier alpha value is -1.57. The molecule has 0 aliphatic rings. The fourth-order valence-electron chi connectivity index (χ4n) is 2.23. The highest BCUT2D eigenvalue weighted by molar-refractivity contribution is 5.79. The zero-order valence-electron chi connectivity index (χ0n) is 13.9. The molecule has 0 saturated heterocycles. The summed E-state index contributed by atoms with van der Waals surface area (Å²) >= 11 is 0. The number of aromatic nitrogens is 2. The Kier molecular flexibility index (Phi) is 6.61. The molecule has 0 radical (unpaired) electrons.